The van der Waals surface area contributed by atoms with E-state index < -0.39 is 34.6 Å². The molecule has 1 aliphatic rings. The number of nitrogens with one attached hydrogen (secondary N) is 1. The molecule has 36 heavy (non-hydrogen) atoms. The number of amides is 1. The Morgan fingerprint density at radius 2 is 1.75 bits per heavy atom. The molecular formula is C27H31F3N4O2. The number of hydrogen-bond acceptors (Lipinski definition) is 5. The molecular weight excluding hydrogens is 469 g/mol. The number of nitrogens with two attached hydrogens (primary N) is 1. The van der Waals surface area contributed by atoms with E-state index in [0.29, 0.717) is 5.69 Å². The van der Waals surface area contributed by atoms with Crippen molar-refractivity contribution in [1.29, 1.82) is 0 Å². The second-order valence-corrected chi connectivity index (χ2v) is 8.38. The van der Waals surface area contributed by atoms with Crippen molar-refractivity contribution >= 4 is 11.6 Å². The van der Waals surface area contributed by atoms with Gasteiger partial charge < -0.3 is 15.8 Å². The van der Waals surface area contributed by atoms with Gasteiger partial charge in [-0.2, -0.15) is 0 Å². The van der Waals surface area contributed by atoms with Crippen molar-refractivity contribution in [2.24, 2.45) is 5.73 Å². The molecule has 3 N–H and O–H groups in total. The number of benzene rings is 1. The van der Waals surface area contributed by atoms with Gasteiger partial charge in [0, 0.05) is 24.4 Å². The molecule has 4 rings (SSSR count). The van der Waals surface area contributed by atoms with Crippen LogP contribution in [0.5, 0.6) is 5.75 Å². The van der Waals surface area contributed by atoms with Crippen molar-refractivity contribution < 1.29 is 22.7 Å². The number of pyridine rings is 2. The zero-order valence-corrected chi connectivity index (χ0v) is 20.7. The zero-order chi connectivity index (χ0) is 26.2. The molecule has 1 saturated carbocycles. The number of aromatic nitrogens is 2. The Morgan fingerprint density at radius 3 is 2.44 bits per heavy atom. The van der Waals surface area contributed by atoms with Crippen LogP contribution in [0.25, 0.3) is 11.3 Å². The quantitative estimate of drug-likeness (QED) is 0.406. The largest absolute Gasteiger partial charge is 0.497 e. The number of ether oxygens (including phenoxy) is 1. The first kappa shape index (κ1) is 27.1. The topological polar surface area (TPSA) is 90.1 Å². The van der Waals surface area contributed by atoms with E-state index in [1.165, 1.54) is 7.11 Å². The molecule has 2 heterocycles. The Kier molecular flexibility index (Phi) is 9.41. The van der Waals surface area contributed by atoms with Crippen molar-refractivity contribution in [3.63, 3.8) is 0 Å². The van der Waals surface area contributed by atoms with Crippen LogP contribution in [0.15, 0.2) is 42.7 Å². The Balaban J connectivity index is 0.00000176. The summed E-state index contributed by atoms with van der Waals surface area (Å²) in [6, 6.07) is 6.00. The van der Waals surface area contributed by atoms with Gasteiger partial charge in [-0.1, -0.05) is 20.3 Å². The Bertz CT molecular complexity index is 1180. The Labute approximate surface area is 209 Å². The highest BCUT2D eigenvalue weighted by Crippen LogP contribution is 2.35. The standard InChI is InChI=1S/C25H25F3N4O2.C2H6/c1-34-16-11-19(27)23(20(28)12-16)24-18(26)7-8-21(31-24)25(33)32-22-13-30-10-9-17(22)14-3-2-4-15(29)6-5-14;1-2/h7-15H,2-6,29H2,1H3,(H,32,33);1-2H3. The van der Waals surface area contributed by atoms with Crippen LogP contribution in [0.2, 0.25) is 0 Å². The third-order valence-corrected chi connectivity index (χ3v) is 6.12. The van der Waals surface area contributed by atoms with E-state index in [4.69, 9.17) is 10.5 Å². The fraction of sp³-hybridized carbons (Fsp3) is 0.370. The van der Waals surface area contributed by atoms with Crippen LogP contribution in [-0.4, -0.2) is 29.0 Å². The molecule has 0 saturated heterocycles. The van der Waals surface area contributed by atoms with Gasteiger partial charge in [-0.05, 0) is 55.4 Å². The Morgan fingerprint density at radius 1 is 1.03 bits per heavy atom. The lowest BCUT2D eigenvalue weighted by atomic mass is 9.91. The lowest BCUT2D eigenvalue weighted by Crippen LogP contribution is -2.18. The highest BCUT2D eigenvalue weighted by molar-refractivity contribution is 6.03. The molecule has 6 nitrogen and oxygen atoms in total. The van der Waals surface area contributed by atoms with Gasteiger partial charge in [-0.25, -0.2) is 18.2 Å². The molecule has 0 bridgehead atoms. The lowest BCUT2D eigenvalue weighted by molar-refractivity contribution is 0.102. The number of carbonyl (C=O) groups is 1. The Hall–Kier alpha value is -3.46. The molecule has 0 spiro atoms. The summed E-state index contributed by atoms with van der Waals surface area (Å²) in [6.45, 7) is 4.00. The molecule has 0 aliphatic heterocycles. The average Bonchev–Trinajstić information content (AvgIpc) is 3.10. The first-order chi connectivity index (χ1) is 17.4. The fourth-order valence-corrected chi connectivity index (χ4v) is 4.33. The number of halogens is 3. The van der Waals surface area contributed by atoms with Crippen LogP contribution in [0, 0.1) is 17.5 Å². The second kappa shape index (κ2) is 12.5. The molecule has 1 fully saturated rings. The van der Waals surface area contributed by atoms with Gasteiger partial charge in [0.2, 0.25) is 0 Å². The summed E-state index contributed by atoms with van der Waals surface area (Å²) in [5.74, 6) is -3.56. The van der Waals surface area contributed by atoms with Gasteiger partial charge in [0.1, 0.15) is 34.6 Å². The number of anilines is 1. The van der Waals surface area contributed by atoms with E-state index in [-0.39, 0.29) is 23.4 Å². The van der Waals surface area contributed by atoms with Gasteiger partial charge in [-0.15, -0.1) is 0 Å². The summed E-state index contributed by atoms with van der Waals surface area (Å²) in [6.07, 6.45) is 7.89. The van der Waals surface area contributed by atoms with Crippen molar-refractivity contribution in [2.45, 2.75) is 57.9 Å². The van der Waals surface area contributed by atoms with Gasteiger partial charge in [-0.3, -0.25) is 9.78 Å². The minimum atomic E-state index is -1.05. The first-order valence-corrected chi connectivity index (χ1v) is 12.1. The maximum absolute atomic E-state index is 14.5. The molecule has 2 aromatic heterocycles. The summed E-state index contributed by atoms with van der Waals surface area (Å²) in [5, 5.41) is 2.78. The summed E-state index contributed by atoms with van der Waals surface area (Å²) in [5.41, 5.74) is 6.08. The van der Waals surface area contributed by atoms with Crippen molar-refractivity contribution in [3.8, 4) is 17.0 Å². The fourth-order valence-electron chi connectivity index (χ4n) is 4.33. The van der Waals surface area contributed by atoms with Gasteiger partial charge in [0.25, 0.3) is 5.91 Å². The highest BCUT2D eigenvalue weighted by Gasteiger charge is 2.23. The molecule has 2 atom stereocenters. The zero-order valence-electron chi connectivity index (χ0n) is 20.7. The number of methoxy groups -OCH3 is 1. The van der Waals surface area contributed by atoms with Crippen LogP contribution in [0.4, 0.5) is 18.9 Å². The monoisotopic (exact) mass is 500 g/mol. The van der Waals surface area contributed by atoms with Crippen molar-refractivity contribution in [1.82, 2.24) is 9.97 Å². The first-order valence-electron chi connectivity index (χ1n) is 12.1. The lowest BCUT2D eigenvalue weighted by Gasteiger charge is -2.19. The molecule has 0 radical (unpaired) electrons. The summed E-state index contributed by atoms with van der Waals surface area (Å²) >= 11 is 0. The van der Waals surface area contributed by atoms with E-state index in [0.717, 1.165) is 61.9 Å². The van der Waals surface area contributed by atoms with Crippen LogP contribution in [-0.2, 0) is 0 Å². The predicted molar refractivity (Wildman–Crippen MR) is 133 cm³/mol. The molecule has 1 aromatic carbocycles. The van der Waals surface area contributed by atoms with E-state index in [1.807, 2.05) is 19.9 Å². The third kappa shape index (κ3) is 6.20. The molecule has 9 heteroatoms. The maximum atomic E-state index is 14.5. The summed E-state index contributed by atoms with van der Waals surface area (Å²) in [7, 11) is 1.26. The van der Waals surface area contributed by atoms with E-state index in [1.54, 1.807) is 12.4 Å². The van der Waals surface area contributed by atoms with Gasteiger partial charge in [0.05, 0.1) is 24.6 Å². The molecule has 2 unspecified atom stereocenters. The van der Waals surface area contributed by atoms with Crippen molar-refractivity contribution in [2.75, 3.05) is 12.4 Å². The molecule has 3 aromatic rings. The van der Waals surface area contributed by atoms with Crippen LogP contribution >= 0.6 is 0 Å². The van der Waals surface area contributed by atoms with Crippen LogP contribution in [0.1, 0.15) is 67.9 Å². The normalized spacial score (nSPS) is 17.4. The van der Waals surface area contributed by atoms with E-state index >= 15 is 0 Å². The SMILES string of the molecule is CC.COc1cc(F)c(-c2nc(C(=O)Nc3cnccc3C3CCCC(N)CC3)ccc2F)c(F)c1. The summed E-state index contributed by atoms with van der Waals surface area (Å²) < 4.78 is 48.4. The second-order valence-electron chi connectivity index (χ2n) is 8.38. The van der Waals surface area contributed by atoms with Gasteiger partial charge >= 0.3 is 0 Å². The number of rotatable bonds is 5. The number of hydrogen-bond donors (Lipinski definition) is 2. The smallest absolute Gasteiger partial charge is 0.274 e. The number of carbonyl (C=O) groups excluding carboxylic acids is 1. The van der Waals surface area contributed by atoms with Gasteiger partial charge in [0.15, 0.2) is 0 Å². The van der Waals surface area contributed by atoms with Crippen molar-refractivity contribution in [3.05, 3.63) is 71.4 Å². The predicted octanol–water partition coefficient (Wildman–Crippen LogP) is 6.22. The van der Waals surface area contributed by atoms with E-state index in [9.17, 15) is 18.0 Å². The van der Waals surface area contributed by atoms with Crippen LogP contribution in [0.3, 0.4) is 0 Å². The van der Waals surface area contributed by atoms with E-state index in [2.05, 4.69) is 15.3 Å². The molecule has 1 aliphatic carbocycles. The molecule has 1 amide bonds. The average molecular weight is 501 g/mol. The minimum absolute atomic E-state index is 0.0587. The third-order valence-electron chi connectivity index (χ3n) is 6.12. The molecule has 192 valence electrons. The minimum Gasteiger partial charge on any atom is -0.497 e. The summed E-state index contributed by atoms with van der Waals surface area (Å²) in [4.78, 5) is 21.0. The van der Waals surface area contributed by atoms with Crippen LogP contribution < -0.4 is 15.8 Å². The number of nitrogens with zero attached hydrogens (tertiary/aromatic N) is 2. The maximum Gasteiger partial charge on any atom is 0.274 e. The highest BCUT2D eigenvalue weighted by atomic mass is 19.1.